The number of carbonyl (C=O) groups excluding carboxylic acids is 2. The Balaban J connectivity index is 1.13. The lowest BCUT2D eigenvalue weighted by Crippen LogP contribution is -2.33. The highest BCUT2D eigenvalue weighted by molar-refractivity contribution is 7.17. The lowest BCUT2D eigenvalue weighted by Gasteiger charge is -2.24. The van der Waals surface area contributed by atoms with Crippen molar-refractivity contribution >= 4 is 51.2 Å². The molecular formula is C37H30FN5O2S. The Morgan fingerprint density at radius 1 is 0.978 bits per heavy atom. The maximum absolute atomic E-state index is 14.4. The Hall–Kier alpha value is -5.41. The molecule has 0 bridgehead atoms. The number of aryl methyl sites for hydroxylation is 1. The van der Waals surface area contributed by atoms with Crippen LogP contribution in [0.1, 0.15) is 36.9 Å². The molecule has 6 aromatic rings. The molecule has 2 amide bonds. The number of benzene rings is 3. The highest BCUT2D eigenvalue weighted by atomic mass is 32.1. The van der Waals surface area contributed by atoms with Gasteiger partial charge in [0.15, 0.2) is 0 Å². The Bertz CT molecular complexity index is 2110. The summed E-state index contributed by atoms with van der Waals surface area (Å²) in [6, 6.07) is 30.0. The van der Waals surface area contributed by atoms with E-state index < -0.39 is 5.82 Å². The number of aromatic nitrogens is 2. The molecule has 9 heteroatoms. The van der Waals surface area contributed by atoms with E-state index in [0.29, 0.717) is 41.5 Å². The maximum atomic E-state index is 14.4. The first-order valence-electron chi connectivity index (χ1n) is 15.0. The van der Waals surface area contributed by atoms with Crippen molar-refractivity contribution in [3.05, 3.63) is 136 Å². The van der Waals surface area contributed by atoms with Gasteiger partial charge in [-0.1, -0.05) is 48.5 Å². The maximum Gasteiger partial charge on any atom is 0.276 e. The van der Waals surface area contributed by atoms with Gasteiger partial charge >= 0.3 is 0 Å². The fourth-order valence-electron chi connectivity index (χ4n) is 5.86. The Morgan fingerprint density at radius 2 is 1.83 bits per heavy atom. The van der Waals surface area contributed by atoms with Gasteiger partial charge in [-0.3, -0.25) is 14.6 Å². The van der Waals surface area contributed by atoms with Gasteiger partial charge in [-0.05, 0) is 78.6 Å². The number of nitrogens with zero attached hydrogens (tertiary/aromatic N) is 4. The van der Waals surface area contributed by atoms with Crippen LogP contribution < -0.4 is 15.1 Å². The first-order valence-corrected chi connectivity index (χ1v) is 15.8. The summed E-state index contributed by atoms with van der Waals surface area (Å²) in [4.78, 5) is 41.6. The lowest BCUT2D eigenvalue weighted by molar-refractivity contribution is 0.0981. The monoisotopic (exact) mass is 627 g/mol. The minimum Gasteiger partial charge on any atom is -0.355 e. The molecule has 0 atom stereocenters. The van der Waals surface area contributed by atoms with E-state index in [1.807, 2.05) is 72.6 Å². The number of rotatable bonds is 6. The van der Waals surface area contributed by atoms with Crippen LogP contribution in [0.5, 0.6) is 0 Å². The summed E-state index contributed by atoms with van der Waals surface area (Å²) >= 11 is 1.35. The van der Waals surface area contributed by atoms with E-state index in [1.165, 1.54) is 17.4 Å². The second-order valence-corrected chi connectivity index (χ2v) is 12.4. The molecule has 0 fully saturated rings. The molecule has 0 radical (unpaired) electrons. The van der Waals surface area contributed by atoms with Crippen LogP contribution in [0.3, 0.4) is 0 Å². The highest BCUT2D eigenvalue weighted by Gasteiger charge is 2.28. The first-order chi connectivity index (χ1) is 22.4. The SMILES string of the molecule is Cc1cccc(F)c1NC(=O)c1cc2c(s1)-c1ccccc1N(C(=O)c1cccc(N(C)Cc3ccc4ncccc4c3)n1)CC2. The second-order valence-electron chi connectivity index (χ2n) is 11.3. The molecule has 7 nitrogen and oxygen atoms in total. The van der Waals surface area contributed by atoms with Gasteiger partial charge in [0, 0.05) is 42.2 Å². The fraction of sp³-hybridized carbons (Fsp3) is 0.135. The summed E-state index contributed by atoms with van der Waals surface area (Å²) in [7, 11) is 1.96. The van der Waals surface area contributed by atoms with Crippen molar-refractivity contribution in [1.82, 2.24) is 9.97 Å². The van der Waals surface area contributed by atoms with Crippen molar-refractivity contribution in [1.29, 1.82) is 0 Å². The minimum absolute atomic E-state index is 0.184. The van der Waals surface area contributed by atoms with Crippen LogP contribution >= 0.6 is 11.3 Å². The third kappa shape index (κ3) is 5.61. The van der Waals surface area contributed by atoms with Crippen LogP contribution in [0.15, 0.2) is 103 Å². The van der Waals surface area contributed by atoms with Gasteiger partial charge in [-0.2, -0.15) is 0 Å². The second kappa shape index (κ2) is 12.2. The number of fused-ring (bicyclic) bond motifs is 4. The molecule has 228 valence electrons. The molecule has 7 rings (SSSR count). The van der Waals surface area contributed by atoms with Gasteiger partial charge in [0.25, 0.3) is 11.8 Å². The molecule has 46 heavy (non-hydrogen) atoms. The summed E-state index contributed by atoms with van der Waals surface area (Å²) in [6.07, 6.45) is 2.34. The number of carbonyl (C=O) groups is 2. The average Bonchev–Trinajstić information content (AvgIpc) is 3.44. The molecule has 0 saturated heterocycles. The van der Waals surface area contributed by atoms with Crippen LogP contribution in [0.4, 0.5) is 21.6 Å². The number of nitrogens with one attached hydrogen (secondary N) is 1. The van der Waals surface area contributed by atoms with Crippen LogP contribution in [0, 0.1) is 12.7 Å². The van der Waals surface area contributed by atoms with Crippen LogP contribution in [0.2, 0.25) is 0 Å². The average molecular weight is 628 g/mol. The number of thiophene rings is 1. The van der Waals surface area contributed by atoms with Crippen LogP contribution in [0.25, 0.3) is 21.3 Å². The van der Waals surface area contributed by atoms with Gasteiger partial charge in [-0.25, -0.2) is 9.37 Å². The van der Waals surface area contributed by atoms with E-state index >= 15 is 0 Å². The number of amides is 2. The quantitative estimate of drug-likeness (QED) is 0.203. The number of para-hydroxylation sites is 2. The zero-order valence-corrected chi connectivity index (χ0v) is 26.1. The number of hydrogen-bond acceptors (Lipinski definition) is 6. The van der Waals surface area contributed by atoms with Gasteiger partial charge in [0.05, 0.1) is 21.8 Å². The van der Waals surface area contributed by atoms with E-state index in [2.05, 4.69) is 22.4 Å². The van der Waals surface area contributed by atoms with E-state index in [9.17, 15) is 14.0 Å². The molecule has 0 aliphatic carbocycles. The molecular weight excluding hydrogens is 598 g/mol. The van der Waals surface area contributed by atoms with Gasteiger partial charge in [0.1, 0.15) is 17.3 Å². The number of anilines is 3. The third-order valence-corrected chi connectivity index (χ3v) is 9.42. The Morgan fingerprint density at radius 3 is 2.70 bits per heavy atom. The summed E-state index contributed by atoms with van der Waals surface area (Å²) in [5.41, 5.74) is 5.85. The summed E-state index contributed by atoms with van der Waals surface area (Å²) in [5.74, 6) is -0.328. The molecule has 0 unspecified atom stereocenters. The largest absolute Gasteiger partial charge is 0.355 e. The van der Waals surface area contributed by atoms with Crippen molar-refractivity contribution in [2.75, 3.05) is 28.7 Å². The van der Waals surface area contributed by atoms with Crippen molar-refractivity contribution < 1.29 is 14.0 Å². The summed E-state index contributed by atoms with van der Waals surface area (Å²) < 4.78 is 14.4. The van der Waals surface area contributed by atoms with Crippen molar-refractivity contribution in [3.8, 4) is 10.4 Å². The van der Waals surface area contributed by atoms with Gasteiger partial charge in [0.2, 0.25) is 0 Å². The predicted molar refractivity (Wildman–Crippen MR) is 182 cm³/mol. The number of pyridine rings is 2. The lowest BCUT2D eigenvalue weighted by atomic mass is 10.1. The molecule has 1 aliphatic heterocycles. The molecule has 3 aromatic carbocycles. The van der Waals surface area contributed by atoms with E-state index in [1.54, 1.807) is 36.2 Å². The Labute approximate surface area is 270 Å². The molecule has 1 aliphatic rings. The molecule has 1 N–H and O–H groups in total. The van der Waals surface area contributed by atoms with Gasteiger partial charge < -0.3 is 15.1 Å². The van der Waals surface area contributed by atoms with Gasteiger partial charge in [-0.15, -0.1) is 11.3 Å². The fourth-order valence-corrected chi connectivity index (χ4v) is 7.00. The minimum atomic E-state index is -0.471. The summed E-state index contributed by atoms with van der Waals surface area (Å²) in [5, 5.41) is 3.82. The third-order valence-electron chi connectivity index (χ3n) is 8.21. The predicted octanol–water partition coefficient (Wildman–Crippen LogP) is 7.90. The smallest absolute Gasteiger partial charge is 0.276 e. The normalized spacial score (nSPS) is 12.3. The molecule has 3 aromatic heterocycles. The van der Waals surface area contributed by atoms with Crippen molar-refractivity contribution in [2.45, 2.75) is 19.9 Å². The standard InChI is InChI=1S/C37H30FN5O2S/c1-23-8-5-11-28(38)34(23)41-36(44)32-21-26-17-19-43(31-13-4-3-10-27(31)35(26)46-32)37(45)30-12-6-14-33(40-30)42(2)22-24-15-16-29-25(20-24)9-7-18-39-29/h3-16,18,20-21H,17,19,22H2,1-2H3,(H,41,44). The van der Waals surface area contributed by atoms with Crippen LogP contribution in [-0.4, -0.2) is 35.4 Å². The Kier molecular flexibility index (Phi) is 7.76. The van der Waals surface area contributed by atoms with E-state index in [0.717, 1.165) is 38.2 Å². The first kappa shape index (κ1) is 29.3. The van der Waals surface area contributed by atoms with Crippen LogP contribution in [-0.2, 0) is 13.0 Å². The zero-order valence-electron chi connectivity index (χ0n) is 25.3. The van der Waals surface area contributed by atoms with Crippen molar-refractivity contribution in [2.24, 2.45) is 0 Å². The topological polar surface area (TPSA) is 78.4 Å². The number of hydrogen-bond donors (Lipinski definition) is 1. The summed E-state index contributed by atoms with van der Waals surface area (Å²) in [6.45, 7) is 2.80. The zero-order chi connectivity index (χ0) is 31.8. The molecule has 0 spiro atoms. The molecule has 0 saturated carbocycles. The van der Waals surface area contributed by atoms with E-state index in [4.69, 9.17) is 4.98 Å². The van der Waals surface area contributed by atoms with Crippen molar-refractivity contribution in [3.63, 3.8) is 0 Å². The number of halogens is 1. The molecule has 4 heterocycles. The van der Waals surface area contributed by atoms with E-state index in [-0.39, 0.29) is 17.5 Å². The highest BCUT2D eigenvalue weighted by Crippen LogP contribution is 2.42.